The first-order valence-electron chi connectivity index (χ1n) is 13.1. The minimum atomic E-state index is -1.47. The summed E-state index contributed by atoms with van der Waals surface area (Å²) in [5.74, 6) is -1.77. The predicted molar refractivity (Wildman–Crippen MR) is 144 cm³/mol. The summed E-state index contributed by atoms with van der Waals surface area (Å²) in [7, 11) is 1.79. The Balaban J connectivity index is 1.71. The third-order valence-electron chi connectivity index (χ3n) is 8.67. The number of nitrogens with zero attached hydrogens (tertiary/aromatic N) is 1. The SMILES string of the molecule is CN1[C@@H](C(=O)N[C@@H](O)CO)[C@H](c2cccc(Cl)c2)[C@@]2(C(=O)Nc3cc(Cl)c(F)cc32)[C@H]1CCC1CCCC1. The molecule has 0 radical (unpaired) electrons. The van der Waals surface area contributed by atoms with Crippen LogP contribution in [0.25, 0.3) is 0 Å². The van der Waals surface area contributed by atoms with Crippen molar-refractivity contribution in [3.63, 3.8) is 0 Å². The second-order valence-corrected chi connectivity index (χ2v) is 11.6. The van der Waals surface area contributed by atoms with Crippen molar-refractivity contribution in [2.75, 3.05) is 19.0 Å². The molecule has 4 N–H and O–H groups in total. The zero-order valence-electron chi connectivity index (χ0n) is 21.1. The summed E-state index contributed by atoms with van der Waals surface area (Å²) in [5, 5.41) is 25.2. The summed E-state index contributed by atoms with van der Waals surface area (Å²) in [6.07, 6.45) is 4.62. The van der Waals surface area contributed by atoms with Gasteiger partial charge in [0.1, 0.15) is 17.5 Å². The maximum atomic E-state index is 15.0. The van der Waals surface area contributed by atoms with Crippen LogP contribution in [0.1, 0.15) is 55.6 Å². The number of carbonyl (C=O) groups excluding carboxylic acids is 2. The number of carbonyl (C=O) groups is 2. The van der Waals surface area contributed by atoms with Crippen molar-refractivity contribution in [2.45, 2.75) is 68.2 Å². The number of aliphatic hydroxyl groups excluding tert-OH is 2. The zero-order valence-corrected chi connectivity index (χ0v) is 22.6. The van der Waals surface area contributed by atoms with E-state index in [0.717, 1.165) is 19.3 Å². The van der Waals surface area contributed by atoms with Crippen LogP contribution in [0.15, 0.2) is 36.4 Å². The average Bonchev–Trinajstić information content (AvgIpc) is 3.56. The van der Waals surface area contributed by atoms with Crippen molar-refractivity contribution in [3.8, 4) is 0 Å². The normalized spacial score (nSPS) is 28.1. The van der Waals surface area contributed by atoms with Gasteiger partial charge >= 0.3 is 0 Å². The van der Waals surface area contributed by atoms with Gasteiger partial charge in [-0.15, -0.1) is 0 Å². The van der Waals surface area contributed by atoms with Gasteiger partial charge in [-0.3, -0.25) is 14.5 Å². The molecule has 1 saturated heterocycles. The molecule has 1 aliphatic carbocycles. The lowest BCUT2D eigenvalue weighted by atomic mass is 9.63. The van der Waals surface area contributed by atoms with Crippen molar-refractivity contribution in [1.29, 1.82) is 0 Å². The Morgan fingerprint density at radius 3 is 2.66 bits per heavy atom. The van der Waals surface area contributed by atoms with E-state index in [2.05, 4.69) is 10.6 Å². The van der Waals surface area contributed by atoms with Gasteiger partial charge in [-0.2, -0.15) is 0 Å². The molecule has 0 bridgehead atoms. The molecule has 2 aromatic rings. The van der Waals surface area contributed by atoms with Crippen molar-refractivity contribution in [3.05, 3.63) is 63.4 Å². The quantitative estimate of drug-likeness (QED) is 0.378. The van der Waals surface area contributed by atoms with Crippen LogP contribution in [-0.4, -0.2) is 58.9 Å². The van der Waals surface area contributed by atoms with Gasteiger partial charge in [0.15, 0.2) is 0 Å². The summed E-state index contributed by atoms with van der Waals surface area (Å²) in [5.41, 5.74) is 0.190. The number of aliphatic hydroxyl groups is 2. The molecular weight excluding hydrogens is 532 g/mol. The number of likely N-dealkylation sites (N-methyl/N-ethyl adjacent to an activating group) is 1. The Bertz CT molecular complexity index is 1240. The van der Waals surface area contributed by atoms with Gasteiger partial charge in [-0.1, -0.05) is 61.0 Å². The molecule has 3 aliphatic rings. The molecule has 2 fully saturated rings. The molecule has 1 saturated carbocycles. The largest absolute Gasteiger partial charge is 0.392 e. The van der Waals surface area contributed by atoms with E-state index in [4.69, 9.17) is 23.2 Å². The topological polar surface area (TPSA) is 102 Å². The van der Waals surface area contributed by atoms with Gasteiger partial charge < -0.3 is 20.8 Å². The van der Waals surface area contributed by atoms with Gasteiger partial charge in [0, 0.05) is 22.7 Å². The van der Waals surface area contributed by atoms with Gasteiger partial charge in [0.05, 0.1) is 17.7 Å². The number of benzene rings is 2. The summed E-state index contributed by atoms with van der Waals surface area (Å²) in [6.45, 7) is -0.659. The van der Waals surface area contributed by atoms with Crippen LogP contribution in [0.5, 0.6) is 0 Å². The molecule has 2 aromatic carbocycles. The van der Waals surface area contributed by atoms with Crippen LogP contribution >= 0.6 is 23.2 Å². The van der Waals surface area contributed by atoms with Gasteiger partial charge in [-0.25, -0.2) is 4.39 Å². The summed E-state index contributed by atoms with van der Waals surface area (Å²) < 4.78 is 15.0. The molecule has 10 heteroatoms. The highest BCUT2D eigenvalue weighted by Gasteiger charge is 2.67. The van der Waals surface area contributed by atoms with Crippen LogP contribution in [0.4, 0.5) is 10.1 Å². The van der Waals surface area contributed by atoms with Crippen molar-refractivity contribution >= 4 is 40.7 Å². The number of rotatable bonds is 7. The number of likely N-dealkylation sites (tertiary alicyclic amines) is 1. The molecule has 204 valence electrons. The molecule has 1 spiro atoms. The molecule has 2 amide bonds. The fraction of sp³-hybridized carbons (Fsp3) is 0.500. The molecule has 7 nitrogen and oxygen atoms in total. The number of amides is 2. The highest BCUT2D eigenvalue weighted by Crippen LogP contribution is 2.59. The van der Waals surface area contributed by atoms with E-state index in [1.807, 2.05) is 11.0 Å². The molecule has 0 unspecified atom stereocenters. The minimum Gasteiger partial charge on any atom is -0.392 e. The molecule has 38 heavy (non-hydrogen) atoms. The molecule has 5 rings (SSSR count). The first-order chi connectivity index (χ1) is 18.2. The van der Waals surface area contributed by atoms with Crippen LogP contribution in [0.2, 0.25) is 10.0 Å². The van der Waals surface area contributed by atoms with E-state index >= 15 is 4.39 Å². The standard InChI is InChI=1S/C28H32Cl2FN3O4/c1-34-22(10-9-15-5-2-3-6-15)28(18-12-20(31)19(30)13-21(18)32-27(28)38)24(16-7-4-8-17(29)11-16)25(34)26(37)33-23(36)14-35/h4,7-8,11-13,15,22-25,35-36H,2-3,5-6,9-10,14H2,1H3,(H,32,38)(H,33,37)/t22-,23+,24+,25-,28+/m1/s1. The average molecular weight is 564 g/mol. The first-order valence-corrected chi connectivity index (χ1v) is 13.8. The maximum Gasteiger partial charge on any atom is 0.240 e. The summed E-state index contributed by atoms with van der Waals surface area (Å²) in [6, 6.07) is 8.35. The number of nitrogens with one attached hydrogen (secondary N) is 2. The van der Waals surface area contributed by atoms with E-state index < -0.39 is 48.0 Å². The van der Waals surface area contributed by atoms with Crippen molar-refractivity contribution in [2.24, 2.45) is 5.92 Å². The van der Waals surface area contributed by atoms with E-state index in [1.165, 1.54) is 25.0 Å². The van der Waals surface area contributed by atoms with E-state index in [0.29, 0.717) is 34.2 Å². The second-order valence-electron chi connectivity index (χ2n) is 10.7. The molecule has 5 atom stereocenters. The van der Waals surface area contributed by atoms with Crippen molar-refractivity contribution in [1.82, 2.24) is 10.2 Å². The molecule has 0 aromatic heterocycles. The third kappa shape index (κ3) is 4.50. The number of hydrogen-bond acceptors (Lipinski definition) is 5. The number of anilines is 1. The third-order valence-corrected chi connectivity index (χ3v) is 9.20. The Morgan fingerprint density at radius 2 is 1.97 bits per heavy atom. The Hall–Kier alpha value is -2.23. The lowest BCUT2D eigenvalue weighted by molar-refractivity contribution is -0.129. The lowest BCUT2D eigenvalue weighted by Gasteiger charge is -2.36. The zero-order chi connectivity index (χ0) is 27.2. The summed E-state index contributed by atoms with van der Waals surface area (Å²) in [4.78, 5) is 29.8. The number of hydrogen-bond donors (Lipinski definition) is 4. The lowest BCUT2D eigenvalue weighted by Crippen LogP contribution is -2.50. The van der Waals surface area contributed by atoms with Crippen LogP contribution in [0.3, 0.4) is 0 Å². The Morgan fingerprint density at radius 1 is 1.24 bits per heavy atom. The highest BCUT2D eigenvalue weighted by atomic mass is 35.5. The van der Waals surface area contributed by atoms with Crippen LogP contribution < -0.4 is 10.6 Å². The van der Waals surface area contributed by atoms with Gasteiger partial charge in [-0.05, 0) is 61.2 Å². The molecule has 2 heterocycles. The second kappa shape index (κ2) is 10.7. The highest BCUT2D eigenvalue weighted by molar-refractivity contribution is 6.31. The fourth-order valence-corrected chi connectivity index (χ4v) is 7.45. The smallest absolute Gasteiger partial charge is 0.240 e. The van der Waals surface area contributed by atoms with Gasteiger partial charge in [0.25, 0.3) is 0 Å². The monoisotopic (exact) mass is 563 g/mol. The molecular formula is C28H32Cl2FN3O4. The number of fused-ring (bicyclic) bond motifs is 2. The van der Waals surface area contributed by atoms with Crippen molar-refractivity contribution < 1.29 is 24.2 Å². The van der Waals surface area contributed by atoms with Crippen LogP contribution in [-0.2, 0) is 15.0 Å². The predicted octanol–water partition coefficient (Wildman–Crippen LogP) is 4.19. The first kappa shape index (κ1) is 27.3. The Kier molecular flexibility index (Phi) is 7.73. The van der Waals surface area contributed by atoms with E-state index in [9.17, 15) is 19.8 Å². The fourth-order valence-electron chi connectivity index (χ4n) is 7.09. The molecule has 2 aliphatic heterocycles. The Labute approximate surface area is 231 Å². The van der Waals surface area contributed by atoms with Crippen LogP contribution in [0, 0.1) is 11.7 Å². The van der Waals surface area contributed by atoms with Gasteiger partial charge in [0.2, 0.25) is 11.8 Å². The maximum absolute atomic E-state index is 15.0. The summed E-state index contributed by atoms with van der Waals surface area (Å²) >= 11 is 12.5. The van der Waals surface area contributed by atoms with E-state index in [1.54, 1.807) is 25.2 Å². The van der Waals surface area contributed by atoms with E-state index in [-0.39, 0.29) is 10.9 Å². The number of halogens is 3. The minimum absolute atomic E-state index is 0.102.